The van der Waals surface area contributed by atoms with E-state index in [9.17, 15) is 0 Å². The van der Waals surface area contributed by atoms with Crippen molar-refractivity contribution in [2.45, 2.75) is 31.3 Å². The minimum atomic E-state index is 0.742. The van der Waals surface area contributed by atoms with Crippen molar-refractivity contribution in [3.05, 3.63) is 0 Å². The second-order valence-electron chi connectivity index (χ2n) is 8.13. The molecule has 0 aromatic rings. The summed E-state index contributed by atoms with van der Waals surface area (Å²) in [5, 5.41) is 3.65. The molecule has 0 aromatic heterocycles. The first-order valence-corrected chi connectivity index (χ1v) is 9.65. The number of rotatable bonds is 4. The standard InChI is InChI=1S/C18H37N5/c1-20-8-5-17(6-9-20)22(3)15-16-4-7-19-14-18(16)23-12-10-21(2)11-13-23/h16-19H,4-15H2,1-3H3. The summed E-state index contributed by atoms with van der Waals surface area (Å²) in [6.07, 6.45) is 4.03. The summed E-state index contributed by atoms with van der Waals surface area (Å²) in [5.41, 5.74) is 0. The van der Waals surface area contributed by atoms with Gasteiger partial charge in [-0.1, -0.05) is 0 Å². The summed E-state index contributed by atoms with van der Waals surface area (Å²) in [4.78, 5) is 10.4. The number of nitrogens with one attached hydrogen (secondary N) is 1. The van der Waals surface area contributed by atoms with Crippen molar-refractivity contribution in [1.29, 1.82) is 0 Å². The molecule has 0 spiro atoms. The molecule has 0 aliphatic carbocycles. The number of piperazine rings is 1. The molecular weight excluding hydrogens is 286 g/mol. The van der Waals surface area contributed by atoms with E-state index < -0.39 is 0 Å². The predicted molar refractivity (Wildman–Crippen MR) is 97.0 cm³/mol. The SMILES string of the molecule is CN1CCC(N(C)CC2CCNCC2N2CCN(C)CC2)CC1. The van der Waals surface area contributed by atoms with E-state index in [-0.39, 0.29) is 0 Å². The second kappa shape index (κ2) is 8.26. The third-order valence-electron chi connectivity index (χ3n) is 6.43. The lowest BCUT2D eigenvalue weighted by atomic mass is 9.89. The molecule has 23 heavy (non-hydrogen) atoms. The topological polar surface area (TPSA) is 25.0 Å². The second-order valence-corrected chi connectivity index (χ2v) is 8.13. The lowest BCUT2D eigenvalue weighted by Crippen LogP contribution is -2.58. The highest BCUT2D eigenvalue weighted by molar-refractivity contribution is 4.90. The molecule has 0 aromatic carbocycles. The Morgan fingerprint density at radius 2 is 1.57 bits per heavy atom. The summed E-state index contributed by atoms with van der Waals surface area (Å²) >= 11 is 0. The third-order valence-corrected chi connectivity index (χ3v) is 6.43. The van der Waals surface area contributed by atoms with E-state index in [0.29, 0.717) is 0 Å². The van der Waals surface area contributed by atoms with Crippen LogP contribution >= 0.6 is 0 Å². The fraction of sp³-hybridized carbons (Fsp3) is 1.00. The lowest BCUT2D eigenvalue weighted by Gasteiger charge is -2.46. The molecule has 2 unspecified atom stereocenters. The third kappa shape index (κ3) is 4.67. The number of likely N-dealkylation sites (N-methyl/N-ethyl adjacent to an activating group) is 1. The Bertz CT molecular complexity index is 347. The number of piperidine rings is 2. The zero-order valence-corrected chi connectivity index (χ0v) is 15.5. The predicted octanol–water partition coefficient (Wildman–Crippen LogP) is 0.238. The van der Waals surface area contributed by atoms with E-state index in [0.717, 1.165) is 18.0 Å². The number of hydrogen-bond donors (Lipinski definition) is 1. The lowest BCUT2D eigenvalue weighted by molar-refractivity contribution is 0.0416. The maximum atomic E-state index is 3.65. The molecule has 0 amide bonds. The fourth-order valence-corrected chi connectivity index (χ4v) is 4.64. The van der Waals surface area contributed by atoms with Gasteiger partial charge in [0, 0.05) is 51.4 Å². The molecule has 0 bridgehead atoms. The summed E-state index contributed by atoms with van der Waals surface area (Å²) < 4.78 is 0. The van der Waals surface area contributed by atoms with Gasteiger partial charge < -0.3 is 20.0 Å². The molecule has 5 heteroatoms. The summed E-state index contributed by atoms with van der Waals surface area (Å²) in [6, 6.07) is 1.54. The van der Waals surface area contributed by atoms with Gasteiger partial charge in [-0.05, 0) is 66.0 Å². The number of likely N-dealkylation sites (tertiary alicyclic amines) is 1. The van der Waals surface area contributed by atoms with Crippen LogP contribution in [0.2, 0.25) is 0 Å². The van der Waals surface area contributed by atoms with Crippen LogP contribution in [0.4, 0.5) is 0 Å². The van der Waals surface area contributed by atoms with E-state index in [1.807, 2.05) is 0 Å². The molecule has 2 atom stereocenters. The van der Waals surface area contributed by atoms with Gasteiger partial charge in [-0.25, -0.2) is 0 Å². The van der Waals surface area contributed by atoms with E-state index in [1.54, 1.807) is 0 Å². The van der Waals surface area contributed by atoms with Crippen LogP contribution in [0.25, 0.3) is 0 Å². The van der Waals surface area contributed by atoms with Gasteiger partial charge in [0.25, 0.3) is 0 Å². The Kier molecular flexibility index (Phi) is 6.32. The molecule has 1 N–H and O–H groups in total. The van der Waals surface area contributed by atoms with Gasteiger partial charge in [-0.15, -0.1) is 0 Å². The molecule has 5 nitrogen and oxygen atoms in total. The molecule has 3 rings (SSSR count). The molecule has 0 saturated carbocycles. The smallest absolute Gasteiger partial charge is 0.0262 e. The van der Waals surface area contributed by atoms with Gasteiger partial charge in [0.05, 0.1) is 0 Å². The van der Waals surface area contributed by atoms with Gasteiger partial charge in [0.1, 0.15) is 0 Å². The average Bonchev–Trinajstić information content (AvgIpc) is 2.57. The van der Waals surface area contributed by atoms with Gasteiger partial charge in [-0.3, -0.25) is 4.90 Å². The minimum Gasteiger partial charge on any atom is -0.315 e. The first kappa shape index (κ1) is 17.6. The summed E-state index contributed by atoms with van der Waals surface area (Å²) in [5.74, 6) is 0.837. The number of nitrogens with zero attached hydrogens (tertiary/aromatic N) is 4. The summed E-state index contributed by atoms with van der Waals surface area (Å²) in [6.45, 7) is 11.2. The van der Waals surface area contributed by atoms with E-state index in [1.165, 1.54) is 78.2 Å². The van der Waals surface area contributed by atoms with E-state index in [2.05, 4.69) is 46.1 Å². The van der Waals surface area contributed by atoms with Crippen molar-refractivity contribution >= 4 is 0 Å². The van der Waals surface area contributed by atoms with Crippen LogP contribution in [0.15, 0.2) is 0 Å². The fourth-order valence-electron chi connectivity index (χ4n) is 4.64. The van der Waals surface area contributed by atoms with Gasteiger partial charge in [0.15, 0.2) is 0 Å². The highest BCUT2D eigenvalue weighted by Crippen LogP contribution is 2.23. The van der Waals surface area contributed by atoms with Gasteiger partial charge in [-0.2, -0.15) is 0 Å². The first-order chi connectivity index (χ1) is 11.1. The Hall–Kier alpha value is -0.200. The normalized spacial score (nSPS) is 33.4. The highest BCUT2D eigenvalue weighted by atomic mass is 15.3. The quantitative estimate of drug-likeness (QED) is 0.799. The molecule has 134 valence electrons. The maximum absolute atomic E-state index is 3.65. The molecule has 0 radical (unpaired) electrons. The van der Waals surface area contributed by atoms with E-state index in [4.69, 9.17) is 0 Å². The molecule has 3 aliphatic heterocycles. The Balaban J connectivity index is 1.53. The van der Waals surface area contributed by atoms with Crippen LogP contribution in [0.5, 0.6) is 0 Å². The van der Waals surface area contributed by atoms with Crippen molar-refractivity contribution < 1.29 is 0 Å². The largest absolute Gasteiger partial charge is 0.315 e. The zero-order chi connectivity index (χ0) is 16.2. The Labute approximate surface area is 143 Å². The average molecular weight is 324 g/mol. The molecular formula is C18H37N5. The van der Waals surface area contributed by atoms with Crippen molar-refractivity contribution in [1.82, 2.24) is 24.9 Å². The van der Waals surface area contributed by atoms with Crippen LogP contribution in [-0.2, 0) is 0 Å². The number of hydrogen-bond acceptors (Lipinski definition) is 5. The molecule has 3 fully saturated rings. The minimum absolute atomic E-state index is 0.742. The van der Waals surface area contributed by atoms with Crippen LogP contribution in [0, 0.1) is 5.92 Å². The Morgan fingerprint density at radius 1 is 0.913 bits per heavy atom. The van der Waals surface area contributed by atoms with Crippen molar-refractivity contribution in [3.63, 3.8) is 0 Å². The summed E-state index contributed by atoms with van der Waals surface area (Å²) in [7, 11) is 6.88. The van der Waals surface area contributed by atoms with Crippen LogP contribution in [0.3, 0.4) is 0 Å². The molecule has 3 heterocycles. The Morgan fingerprint density at radius 3 is 2.26 bits per heavy atom. The van der Waals surface area contributed by atoms with Crippen LogP contribution < -0.4 is 5.32 Å². The maximum Gasteiger partial charge on any atom is 0.0262 e. The first-order valence-electron chi connectivity index (χ1n) is 9.65. The zero-order valence-electron chi connectivity index (χ0n) is 15.5. The molecule has 3 saturated heterocycles. The van der Waals surface area contributed by atoms with E-state index >= 15 is 0 Å². The van der Waals surface area contributed by atoms with Crippen molar-refractivity contribution in [3.8, 4) is 0 Å². The molecule has 3 aliphatic rings. The highest BCUT2D eigenvalue weighted by Gasteiger charge is 2.33. The van der Waals surface area contributed by atoms with Crippen molar-refractivity contribution in [2.24, 2.45) is 5.92 Å². The van der Waals surface area contributed by atoms with Gasteiger partial charge in [0.2, 0.25) is 0 Å². The van der Waals surface area contributed by atoms with Crippen LogP contribution in [-0.4, -0.2) is 112 Å². The monoisotopic (exact) mass is 323 g/mol. The van der Waals surface area contributed by atoms with Gasteiger partial charge >= 0.3 is 0 Å². The van der Waals surface area contributed by atoms with Crippen LogP contribution in [0.1, 0.15) is 19.3 Å². The van der Waals surface area contributed by atoms with Crippen molar-refractivity contribution in [2.75, 3.05) is 80.0 Å².